The van der Waals surface area contributed by atoms with Crippen LogP contribution in [0.3, 0.4) is 0 Å². The van der Waals surface area contributed by atoms with Gasteiger partial charge in [-0.1, -0.05) is 30.0 Å². The Morgan fingerprint density at radius 3 is 2.86 bits per heavy atom. The molecule has 0 unspecified atom stereocenters. The number of rotatable bonds is 5. The lowest BCUT2D eigenvalue weighted by molar-refractivity contribution is -0.136. The number of ether oxygens (including phenoxy) is 1. The molecule has 112 valence electrons. The number of aromatic nitrogens is 2. The molecule has 2 rings (SSSR count). The topological polar surface area (TPSA) is 70.1 Å². The molecular formula is C17H17N3O2. The molecule has 1 aromatic heterocycles. The number of benzene rings is 1. The zero-order valence-electron chi connectivity index (χ0n) is 12.1. The first-order valence-corrected chi connectivity index (χ1v) is 6.85. The Hall–Kier alpha value is -2.84. The second kappa shape index (κ2) is 8.45. The lowest BCUT2D eigenvalue weighted by Crippen LogP contribution is -2.02. The van der Waals surface area contributed by atoms with E-state index >= 15 is 0 Å². The third-order valence-corrected chi connectivity index (χ3v) is 2.79. The highest BCUT2D eigenvalue weighted by Crippen LogP contribution is 2.05. The highest BCUT2D eigenvalue weighted by molar-refractivity contribution is 5.82. The molecule has 1 aromatic carbocycles. The van der Waals surface area contributed by atoms with Gasteiger partial charge in [-0.05, 0) is 17.7 Å². The van der Waals surface area contributed by atoms with Gasteiger partial charge in [0.15, 0.2) is 6.61 Å². The van der Waals surface area contributed by atoms with Crippen molar-refractivity contribution in [1.82, 2.24) is 9.55 Å². The number of carbonyl (C=O) groups excluding carboxylic acids is 1. The standard InChI is InChI=1S/C17H17N3O2/c18-9-1-4-17(21)22-12-2-3-15-5-7-16(8-6-15)13-20-11-10-19-14-20/h1,4-8,10-11,14H,9,12-13,18H2. The van der Waals surface area contributed by atoms with Crippen molar-refractivity contribution in [1.29, 1.82) is 0 Å². The Labute approximate surface area is 129 Å². The Kier molecular flexibility index (Phi) is 5.97. The highest BCUT2D eigenvalue weighted by Gasteiger charge is 1.95. The number of nitrogens with two attached hydrogens (primary N) is 1. The van der Waals surface area contributed by atoms with Gasteiger partial charge in [0, 0.05) is 37.1 Å². The number of imidazole rings is 1. The van der Waals surface area contributed by atoms with Gasteiger partial charge in [-0.2, -0.15) is 0 Å². The van der Waals surface area contributed by atoms with Crippen LogP contribution in [0.1, 0.15) is 11.1 Å². The minimum Gasteiger partial charge on any atom is -0.449 e. The molecule has 2 N–H and O–H groups in total. The Bertz CT molecular complexity index is 677. The fourth-order valence-corrected chi connectivity index (χ4v) is 1.74. The molecule has 0 radical (unpaired) electrons. The molecule has 0 aliphatic rings. The van der Waals surface area contributed by atoms with Gasteiger partial charge in [0.25, 0.3) is 0 Å². The van der Waals surface area contributed by atoms with Crippen LogP contribution in [0.15, 0.2) is 55.1 Å². The van der Waals surface area contributed by atoms with Crippen molar-refractivity contribution in [2.24, 2.45) is 5.73 Å². The van der Waals surface area contributed by atoms with Crippen molar-refractivity contribution in [3.8, 4) is 11.8 Å². The Balaban J connectivity index is 1.83. The molecule has 5 heteroatoms. The van der Waals surface area contributed by atoms with Gasteiger partial charge in [0.2, 0.25) is 0 Å². The summed E-state index contributed by atoms with van der Waals surface area (Å²) in [6.45, 7) is 1.15. The van der Waals surface area contributed by atoms with E-state index in [9.17, 15) is 4.79 Å². The summed E-state index contributed by atoms with van der Waals surface area (Å²) in [5.41, 5.74) is 7.28. The molecule has 0 atom stereocenters. The number of hydrogen-bond acceptors (Lipinski definition) is 4. The van der Waals surface area contributed by atoms with Crippen molar-refractivity contribution in [2.75, 3.05) is 13.2 Å². The van der Waals surface area contributed by atoms with E-state index in [4.69, 9.17) is 10.5 Å². The van der Waals surface area contributed by atoms with Gasteiger partial charge in [-0.15, -0.1) is 0 Å². The monoisotopic (exact) mass is 295 g/mol. The summed E-state index contributed by atoms with van der Waals surface area (Å²) in [6.07, 6.45) is 8.29. The number of hydrogen-bond donors (Lipinski definition) is 1. The lowest BCUT2D eigenvalue weighted by Gasteiger charge is -2.02. The molecule has 0 saturated carbocycles. The van der Waals surface area contributed by atoms with Gasteiger partial charge >= 0.3 is 5.97 Å². The lowest BCUT2D eigenvalue weighted by atomic mass is 10.1. The van der Waals surface area contributed by atoms with E-state index in [-0.39, 0.29) is 6.61 Å². The minimum atomic E-state index is -0.435. The average Bonchev–Trinajstić information content (AvgIpc) is 3.04. The molecular weight excluding hydrogens is 278 g/mol. The number of nitrogens with zero attached hydrogens (tertiary/aromatic N) is 2. The van der Waals surface area contributed by atoms with Crippen molar-refractivity contribution < 1.29 is 9.53 Å². The first kappa shape index (κ1) is 15.5. The molecule has 22 heavy (non-hydrogen) atoms. The summed E-state index contributed by atoms with van der Waals surface area (Å²) in [6, 6.07) is 7.91. The molecule has 0 amide bonds. The fourth-order valence-electron chi connectivity index (χ4n) is 1.74. The molecule has 1 heterocycles. The largest absolute Gasteiger partial charge is 0.449 e. The quantitative estimate of drug-likeness (QED) is 0.513. The van der Waals surface area contributed by atoms with Gasteiger partial charge in [-0.25, -0.2) is 9.78 Å². The first-order valence-electron chi connectivity index (χ1n) is 6.85. The second-order valence-electron chi connectivity index (χ2n) is 4.48. The molecule has 0 aliphatic heterocycles. The van der Waals surface area contributed by atoms with Crippen molar-refractivity contribution in [3.63, 3.8) is 0 Å². The van der Waals surface area contributed by atoms with E-state index in [1.807, 2.05) is 35.0 Å². The third kappa shape index (κ3) is 5.27. The summed E-state index contributed by atoms with van der Waals surface area (Å²) in [7, 11) is 0. The SMILES string of the molecule is NCC=CC(=O)OCC#Cc1ccc(Cn2ccnc2)cc1. The number of carbonyl (C=O) groups is 1. The van der Waals surface area contributed by atoms with Gasteiger partial charge < -0.3 is 15.0 Å². The maximum Gasteiger partial charge on any atom is 0.331 e. The molecule has 0 saturated heterocycles. The van der Waals surface area contributed by atoms with Crippen molar-refractivity contribution in [2.45, 2.75) is 6.54 Å². The van der Waals surface area contributed by atoms with E-state index in [1.165, 1.54) is 17.7 Å². The van der Waals surface area contributed by atoms with Crippen LogP contribution in [0.2, 0.25) is 0 Å². The predicted molar refractivity (Wildman–Crippen MR) is 83.8 cm³/mol. The fraction of sp³-hybridized carbons (Fsp3) is 0.176. The Morgan fingerprint density at radius 2 is 2.18 bits per heavy atom. The second-order valence-corrected chi connectivity index (χ2v) is 4.48. The van der Waals surface area contributed by atoms with Crippen LogP contribution in [0.25, 0.3) is 0 Å². The van der Waals surface area contributed by atoms with Crippen LogP contribution >= 0.6 is 0 Å². The summed E-state index contributed by atoms with van der Waals surface area (Å²) in [5.74, 6) is 5.31. The van der Waals surface area contributed by atoms with E-state index < -0.39 is 5.97 Å². The van der Waals surface area contributed by atoms with Gasteiger partial charge in [0.05, 0.1) is 6.33 Å². The molecule has 0 fully saturated rings. The van der Waals surface area contributed by atoms with Crippen LogP contribution in [0.5, 0.6) is 0 Å². The first-order chi connectivity index (χ1) is 10.8. The van der Waals surface area contributed by atoms with Crippen LogP contribution in [0, 0.1) is 11.8 Å². The molecule has 0 aliphatic carbocycles. The van der Waals surface area contributed by atoms with Crippen molar-refractivity contribution in [3.05, 3.63) is 66.3 Å². The zero-order valence-corrected chi connectivity index (χ0v) is 12.1. The van der Waals surface area contributed by atoms with E-state index in [1.54, 1.807) is 12.5 Å². The summed E-state index contributed by atoms with van der Waals surface area (Å²) in [4.78, 5) is 15.2. The van der Waals surface area contributed by atoms with Crippen molar-refractivity contribution >= 4 is 5.97 Å². The third-order valence-electron chi connectivity index (χ3n) is 2.79. The van der Waals surface area contributed by atoms with E-state index in [0.717, 1.165) is 12.1 Å². The summed E-state index contributed by atoms with van der Waals surface area (Å²) < 4.78 is 6.89. The van der Waals surface area contributed by atoms with Gasteiger partial charge in [-0.3, -0.25) is 0 Å². The smallest absolute Gasteiger partial charge is 0.331 e. The predicted octanol–water partition coefficient (Wildman–Crippen LogP) is 1.34. The van der Waals surface area contributed by atoms with E-state index in [0.29, 0.717) is 6.54 Å². The summed E-state index contributed by atoms with van der Waals surface area (Å²) >= 11 is 0. The number of esters is 1. The van der Waals surface area contributed by atoms with Crippen LogP contribution in [0.4, 0.5) is 0 Å². The van der Waals surface area contributed by atoms with Crippen LogP contribution < -0.4 is 5.73 Å². The normalized spacial score (nSPS) is 10.2. The van der Waals surface area contributed by atoms with Gasteiger partial charge in [0.1, 0.15) is 0 Å². The maximum absolute atomic E-state index is 11.2. The maximum atomic E-state index is 11.2. The molecule has 0 spiro atoms. The average molecular weight is 295 g/mol. The molecule has 0 bridgehead atoms. The molecule has 5 nitrogen and oxygen atoms in total. The molecule has 2 aromatic rings. The van der Waals surface area contributed by atoms with Crippen LogP contribution in [-0.4, -0.2) is 28.7 Å². The minimum absolute atomic E-state index is 0.0601. The zero-order chi connectivity index (χ0) is 15.6. The highest BCUT2D eigenvalue weighted by atomic mass is 16.5. The van der Waals surface area contributed by atoms with Crippen LogP contribution in [-0.2, 0) is 16.1 Å². The van der Waals surface area contributed by atoms with E-state index in [2.05, 4.69) is 16.8 Å². The Morgan fingerprint density at radius 1 is 1.36 bits per heavy atom. The summed E-state index contributed by atoms with van der Waals surface area (Å²) in [5, 5.41) is 0.